The first kappa shape index (κ1) is 15.0. The first-order chi connectivity index (χ1) is 9.65. The molecular weight excluding hydrogens is 335 g/mol. The van der Waals surface area contributed by atoms with E-state index in [-0.39, 0.29) is 17.0 Å². The molecule has 0 spiro atoms. The molecule has 2 heterocycles. The number of imidazole rings is 1. The lowest BCUT2D eigenvalue weighted by atomic mass is 9.70. The van der Waals surface area contributed by atoms with Crippen LogP contribution in [-0.4, -0.2) is 20.6 Å². The highest BCUT2D eigenvalue weighted by Gasteiger charge is 2.45. The van der Waals surface area contributed by atoms with Gasteiger partial charge in [0.25, 0.3) is 0 Å². The maximum Gasteiger partial charge on any atom is 0.173 e. The molecule has 1 aliphatic rings. The lowest BCUT2D eigenvalue weighted by Crippen LogP contribution is -2.47. The fourth-order valence-corrected chi connectivity index (χ4v) is 3.68. The molecule has 3 rings (SSSR count). The molecule has 0 N–H and O–H groups in total. The summed E-state index contributed by atoms with van der Waals surface area (Å²) in [6.45, 7) is 8.36. The third-order valence-electron chi connectivity index (χ3n) is 3.82. The molecule has 0 aromatic carbocycles. The van der Waals surface area contributed by atoms with Gasteiger partial charge in [0.05, 0.1) is 16.9 Å². The molecule has 2 aromatic rings. The third-order valence-corrected chi connectivity index (χ3v) is 4.25. The quantitative estimate of drug-likeness (QED) is 0.782. The Morgan fingerprint density at radius 3 is 2.67 bits per heavy atom. The highest BCUT2D eigenvalue weighted by Crippen LogP contribution is 2.48. The topological polar surface area (TPSA) is 26.5 Å². The molecule has 0 aliphatic heterocycles. The maximum absolute atomic E-state index is 13.9. The van der Waals surface area contributed by atoms with E-state index < -0.39 is 0 Å². The van der Waals surface area contributed by atoms with E-state index in [1.54, 1.807) is 4.40 Å². The van der Waals surface area contributed by atoms with Gasteiger partial charge in [0.1, 0.15) is 0 Å². The Morgan fingerprint density at radius 2 is 2.05 bits per heavy atom. The van der Waals surface area contributed by atoms with Gasteiger partial charge in [-0.15, -0.1) is 0 Å². The summed E-state index contributed by atoms with van der Waals surface area (Å²) in [6, 6.07) is 1.44. The summed E-state index contributed by atoms with van der Waals surface area (Å²) in [6.07, 6.45) is 5.61. The Kier molecular flexibility index (Phi) is 3.41. The van der Waals surface area contributed by atoms with Crippen molar-refractivity contribution in [2.24, 2.45) is 0 Å². The Labute approximate surface area is 132 Å². The number of hydrogen-bond donors (Lipinski definition) is 0. The summed E-state index contributed by atoms with van der Waals surface area (Å²) < 4.78 is 22.5. The summed E-state index contributed by atoms with van der Waals surface area (Å²) in [5, 5.41) is 0. The van der Waals surface area contributed by atoms with Gasteiger partial charge in [0.15, 0.2) is 11.5 Å². The molecule has 114 valence electrons. The van der Waals surface area contributed by atoms with E-state index in [1.165, 1.54) is 6.07 Å². The van der Waals surface area contributed by atoms with Crippen LogP contribution in [0.4, 0.5) is 4.39 Å². The summed E-state index contributed by atoms with van der Waals surface area (Å²) in [7, 11) is 0. The van der Waals surface area contributed by atoms with Crippen LogP contribution < -0.4 is 0 Å². The number of halogens is 2. The van der Waals surface area contributed by atoms with E-state index in [4.69, 9.17) is 4.74 Å². The van der Waals surface area contributed by atoms with Crippen LogP contribution in [0.1, 0.15) is 52.1 Å². The van der Waals surface area contributed by atoms with Crippen LogP contribution in [0.5, 0.6) is 0 Å². The van der Waals surface area contributed by atoms with Crippen LogP contribution in [0.15, 0.2) is 22.9 Å². The van der Waals surface area contributed by atoms with Gasteiger partial charge in [-0.05, 0) is 62.5 Å². The van der Waals surface area contributed by atoms with Crippen molar-refractivity contribution in [1.29, 1.82) is 0 Å². The summed E-state index contributed by atoms with van der Waals surface area (Å²) in [5.41, 5.74) is 1.09. The monoisotopic (exact) mass is 354 g/mol. The molecule has 1 saturated carbocycles. The number of aromatic nitrogens is 2. The number of pyridine rings is 1. The maximum atomic E-state index is 13.9. The molecule has 0 unspecified atom stereocenters. The highest BCUT2D eigenvalue weighted by molar-refractivity contribution is 9.10. The van der Waals surface area contributed by atoms with Crippen molar-refractivity contribution < 1.29 is 9.13 Å². The lowest BCUT2D eigenvalue weighted by Gasteiger charge is -2.47. The van der Waals surface area contributed by atoms with Crippen LogP contribution in [0.2, 0.25) is 0 Å². The van der Waals surface area contributed by atoms with Gasteiger partial charge in [-0.1, -0.05) is 0 Å². The van der Waals surface area contributed by atoms with Crippen LogP contribution in [-0.2, 0) is 4.74 Å². The third kappa shape index (κ3) is 2.99. The van der Waals surface area contributed by atoms with E-state index in [1.807, 2.05) is 12.4 Å². The molecule has 0 saturated heterocycles. The first-order valence-electron chi connectivity index (χ1n) is 7.19. The minimum Gasteiger partial charge on any atom is -0.370 e. The fourth-order valence-electron chi connectivity index (χ4n) is 3.25. The van der Waals surface area contributed by atoms with Gasteiger partial charge in [0, 0.05) is 22.8 Å². The van der Waals surface area contributed by atoms with Gasteiger partial charge in [0.2, 0.25) is 0 Å². The Bertz CT molecular complexity index is 683. The van der Waals surface area contributed by atoms with E-state index >= 15 is 0 Å². The summed E-state index contributed by atoms with van der Waals surface area (Å²) in [5.74, 6) is 0.0408. The normalized spacial score (nSPS) is 26.1. The standard InChI is InChI=1S/C16H20BrFN2O/c1-15(2,3)21-16(4)6-10(7-16)13-9-20-8-11(17)5-12(18)14(20)19-13/h5,8-10H,6-7H2,1-4H3. The van der Waals surface area contributed by atoms with E-state index in [2.05, 4.69) is 48.6 Å². The zero-order chi connectivity index (χ0) is 15.4. The molecule has 5 heteroatoms. The van der Waals surface area contributed by atoms with E-state index in [9.17, 15) is 4.39 Å². The predicted octanol–water partition coefficient (Wildman–Crippen LogP) is 4.69. The second-order valence-corrected chi connectivity index (χ2v) is 8.09. The average Bonchev–Trinajstić information content (AvgIpc) is 2.66. The molecule has 1 aliphatic carbocycles. The number of fused-ring (bicyclic) bond motifs is 1. The van der Waals surface area contributed by atoms with Crippen molar-refractivity contribution in [3.8, 4) is 0 Å². The summed E-state index contributed by atoms with van der Waals surface area (Å²) >= 11 is 3.30. The minimum atomic E-state index is -0.302. The highest BCUT2D eigenvalue weighted by atomic mass is 79.9. The Hall–Kier alpha value is -0.940. The largest absolute Gasteiger partial charge is 0.370 e. The van der Waals surface area contributed by atoms with Crippen LogP contribution in [0.25, 0.3) is 5.65 Å². The predicted molar refractivity (Wildman–Crippen MR) is 84.1 cm³/mol. The van der Waals surface area contributed by atoms with Gasteiger partial charge in [-0.25, -0.2) is 9.37 Å². The molecule has 0 bridgehead atoms. The average molecular weight is 355 g/mol. The molecule has 21 heavy (non-hydrogen) atoms. The number of nitrogens with zero attached hydrogens (tertiary/aromatic N) is 2. The smallest absolute Gasteiger partial charge is 0.173 e. The van der Waals surface area contributed by atoms with Gasteiger partial charge in [-0.3, -0.25) is 0 Å². The van der Waals surface area contributed by atoms with Crippen molar-refractivity contribution >= 4 is 21.6 Å². The molecular formula is C16H20BrFN2O. The zero-order valence-electron chi connectivity index (χ0n) is 12.8. The van der Waals surface area contributed by atoms with Crippen molar-refractivity contribution in [3.63, 3.8) is 0 Å². The first-order valence-corrected chi connectivity index (χ1v) is 7.98. The molecule has 0 radical (unpaired) electrons. The van der Waals surface area contributed by atoms with Gasteiger partial charge >= 0.3 is 0 Å². The van der Waals surface area contributed by atoms with E-state index in [0.717, 1.165) is 18.5 Å². The molecule has 0 atom stereocenters. The van der Waals surface area contributed by atoms with Crippen molar-refractivity contribution in [2.45, 2.75) is 57.7 Å². The van der Waals surface area contributed by atoms with Crippen molar-refractivity contribution in [2.75, 3.05) is 0 Å². The number of rotatable bonds is 2. The number of ether oxygens (including phenoxy) is 1. The van der Waals surface area contributed by atoms with Crippen LogP contribution >= 0.6 is 15.9 Å². The molecule has 3 nitrogen and oxygen atoms in total. The van der Waals surface area contributed by atoms with Crippen LogP contribution in [0.3, 0.4) is 0 Å². The summed E-state index contributed by atoms with van der Waals surface area (Å²) in [4.78, 5) is 4.45. The fraction of sp³-hybridized carbons (Fsp3) is 0.562. The second kappa shape index (κ2) is 4.78. The molecule has 0 amide bonds. The lowest BCUT2D eigenvalue weighted by molar-refractivity contribution is -0.168. The van der Waals surface area contributed by atoms with Crippen molar-refractivity contribution in [3.05, 3.63) is 34.4 Å². The second-order valence-electron chi connectivity index (χ2n) is 7.17. The molecule has 2 aromatic heterocycles. The van der Waals surface area contributed by atoms with Gasteiger partial charge in [-0.2, -0.15) is 0 Å². The Morgan fingerprint density at radius 1 is 1.38 bits per heavy atom. The minimum absolute atomic E-state index is 0.0994. The van der Waals surface area contributed by atoms with E-state index in [0.29, 0.717) is 16.0 Å². The Balaban J connectivity index is 1.80. The number of hydrogen-bond acceptors (Lipinski definition) is 2. The SMILES string of the molecule is CC(C)(C)OC1(C)CC(c2cn3cc(Br)cc(F)c3n2)C1. The van der Waals surface area contributed by atoms with Gasteiger partial charge < -0.3 is 9.14 Å². The van der Waals surface area contributed by atoms with Crippen LogP contribution in [0, 0.1) is 5.82 Å². The molecule has 1 fully saturated rings. The zero-order valence-corrected chi connectivity index (χ0v) is 14.4. The van der Waals surface area contributed by atoms with Crippen molar-refractivity contribution in [1.82, 2.24) is 9.38 Å².